The first-order valence-electron chi connectivity index (χ1n) is 6.59. The maximum atomic E-state index is 9.14. The van der Waals surface area contributed by atoms with E-state index >= 15 is 0 Å². The Morgan fingerprint density at radius 1 is 1.25 bits per heavy atom. The fraction of sp³-hybridized carbons (Fsp3) is 0.333. The van der Waals surface area contributed by atoms with Gasteiger partial charge in [-0.3, -0.25) is 0 Å². The van der Waals surface area contributed by atoms with Gasteiger partial charge in [0.2, 0.25) is 0 Å². The molecule has 1 heterocycles. The molecule has 1 aromatic carbocycles. The molecule has 106 valence electrons. The fourth-order valence-electron chi connectivity index (χ4n) is 1.89. The monoisotopic (exact) mass is 291 g/mol. The summed E-state index contributed by atoms with van der Waals surface area (Å²) in [4.78, 5) is 8.67. The molecule has 0 amide bonds. The molecular weight excluding hydrogens is 274 g/mol. The molecule has 0 aliphatic carbocycles. The van der Waals surface area contributed by atoms with Gasteiger partial charge in [0, 0.05) is 18.5 Å². The number of nitrogens with zero attached hydrogens (tertiary/aromatic N) is 2. The first kappa shape index (κ1) is 14.8. The van der Waals surface area contributed by atoms with Crippen molar-refractivity contribution in [2.75, 3.05) is 5.32 Å². The van der Waals surface area contributed by atoms with Crippen molar-refractivity contribution in [3.63, 3.8) is 0 Å². The summed E-state index contributed by atoms with van der Waals surface area (Å²) in [5, 5.41) is 12.9. The molecule has 2 N–H and O–H groups in total. The van der Waals surface area contributed by atoms with E-state index in [1.807, 2.05) is 38.1 Å². The van der Waals surface area contributed by atoms with Crippen molar-refractivity contribution in [2.45, 2.75) is 33.4 Å². The van der Waals surface area contributed by atoms with E-state index in [4.69, 9.17) is 16.7 Å². The number of halogens is 1. The van der Waals surface area contributed by atoms with Crippen LogP contribution in [0.4, 0.5) is 5.82 Å². The first-order valence-corrected chi connectivity index (χ1v) is 6.97. The van der Waals surface area contributed by atoms with E-state index in [1.165, 1.54) is 0 Å². The lowest BCUT2D eigenvalue weighted by Crippen LogP contribution is -2.07. The van der Waals surface area contributed by atoms with Crippen LogP contribution in [0.1, 0.15) is 29.4 Å². The first-order chi connectivity index (χ1) is 9.63. The van der Waals surface area contributed by atoms with Crippen molar-refractivity contribution in [1.29, 1.82) is 0 Å². The molecule has 0 spiro atoms. The molecule has 0 atom stereocenters. The Balaban J connectivity index is 2.15. The number of rotatable bonds is 5. The van der Waals surface area contributed by atoms with Crippen molar-refractivity contribution in [2.24, 2.45) is 0 Å². The molecule has 0 fully saturated rings. The standard InChI is InChI=1S/C15H18ClN3O/c1-3-13-18-14(16)10(2)15(19-13)17-8-11-5-4-6-12(7-11)9-20/h4-7,20H,3,8-9H2,1-2H3,(H,17,18,19). The molecule has 0 aliphatic rings. The van der Waals surface area contributed by atoms with Crippen molar-refractivity contribution in [3.05, 3.63) is 51.9 Å². The van der Waals surface area contributed by atoms with Crippen LogP contribution in [0.5, 0.6) is 0 Å². The van der Waals surface area contributed by atoms with Crippen LogP contribution in [0, 0.1) is 6.92 Å². The van der Waals surface area contributed by atoms with Gasteiger partial charge < -0.3 is 10.4 Å². The highest BCUT2D eigenvalue weighted by Crippen LogP contribution is 2.20. The summed E-state index contributed by atoms with van der Waals surface area (Å²) in [6, 6.07) is 7.79. The predicted molar refractivity (Wildman–Crippen MR) is 80.8 cm³/mol. The largest absolute Gasteiger partial charge is 0.392 e. The number of aromatic nitrogens is 2. The van der Waals surface area contributed by atoms with Gasteiger partial charge in [0.15, 0.2) is 0 Å². The Morgan fingerprint density at radius 2 is 2.00 bits per heavy atom. The highest BCUT2D eigenvalue weighted by molar-refractivity contribution is 6.30. The number of aryl methyl sites for hydroxylation is 1. The van der Waals surface area contributed by atoms with E-state index in [2.05, 4.69) is 15.3 Å². The lowest BCUT2D eigenvalue weighted by atomic mass is 10.1. The van der Waals surface area contributed by atoms with E-state index in [0.717, 1.165) is 34.8 Å². The molecular formula is C15H18ClN3O. The van der Waals surface area contributed by atoms with Crippen LogP contribution in [0.25, 0.3) is 0 Å². The summed E-state index contributed by atoms with van der Waals surface area (Å²) in [6.07, 6.45) is 0.745. The topological polar surface area (TPSA) is 58.0 Å². The molecule has 20 heavy (non-hydrogen) atoms. The molecule has 1 aromatic heterocycles. The van der Waals surface area contributed by atoms with Gasteiger partial charge >= 0.3 is 0 Å². The number of anilines is 1. The zero-order chi connectivity index (χ0) is 14.5. The summed E-state index contributed by atoms with van der Waals surface area (Å²) in [6.45, 7) is 4.57. The summed E-state index contributed by atoms with van der Waals surface area (Å²) in [5.74, 6) is 1.49. The van der Waals surface area contributed by atoms with Gasteiger partial charge in [-0.15, -0.1) is 0 Å². The fourth-order valence-corrected chi connectivity index (χ4v) is 2.07. The van der Waals surface area contributed by atoms with Gasteiger partial charge in [-0.1, -0.05) is 42.8 Å². The molecule has 2 aromatic rings. The Bertz CT molecular complexity index is 602. The van der Waals surface area contributed by atoms with Gasteiger partial charge in [0.25, 0.3) is 0 Å². The summed E-state index contributed by atoms with van der Waals surface area (Å²) < 4.78 is 0. The number of nitrogens with one attached hydrogen (secondary N) is 1. The van der Waals surface area contributed by atoms with E-state index in [1.54, 1.807) is 0 Å². The maximum Gasteiger partial charge on any atom is 0.137 e. The number of aliphatic hydroxyl groups is 1. The van der Waals surface area contributed by atoms with Gasteiger partial charge in [0.1, 0.15) is 16.8 Å². The lowest BCUT2D eigenvalue weighted by molar-refractivity contribution is 0.281. The second-order valence-electron chi connectivity index (χ2n) is 4.59. The molecule has 0 saturated carbocycles. The van der Waals surface area contributed by atoms with Crippen LogP contribution in [-0.2, 0) is 19.6 Å². The van der Waals surface area contributed by atoms with E-state index in [9.17, 15) is 0 Å². The van der Waals surface area contributed by atoms with Gasteiger partial charge in [-0.2, -0.15) is 0 Å². The van der Waals surface area contributed by atoms with Crippen LogP contribution in [0.3, 0.4) is 0 Å². The molecule has 0 radical (unpaired) electrons. The minimum absolute atomic E-state index is 0.0478. The molecule has 2 rings (SSSR count). The second-order valence-corrected chi connectivity index (χ2v) is 4.95. The zero-order valence-corrected chi connectivity index (χ0v) is 12.4. The second kappa shape index (κ2) is 6.68. The Kier molecular flexibility index (Phi) is 4.93. The van der Waals surface area contributed by atoms with Crippen molar-refractivity contribution in [1.82, 2.24) is 9.97 Å². The van der Waals surface area contributed by atoms with E-state index in [-0.39, 0.29) is 6.61 Å². The highest BCUT2D eigenvalue weighted by Gasteiger charge is 2.08. The number of hydrogen-bond acceptors (Lipinski definition) is 4. The Labute approximate surface area is 123 Å². The average Bonchev–Trinajstić information content (AvgIpc) is 2.48. The van der Waals surface area contributed by atoms with Crippen molar-refractivity contribution < 1.29 is 5.11 Å². The Hall–Kier alpha value is -1.65. The number of aliphatic hydroxyl groups excluding tert-OH is 1. The highest BCUT2D eigenvalue weighted by atomic mass is 35.5. The SMILES string of the molecule is CCc1nc(Cl)c(C)c(NCc2cccc(CO)c2)n1. The van der Waals surface area contributed by atoms with E-state index < -0.39 is 0 Å². The number of benzene rings is 1. The zero-order valence-electron chi connectivity index (χ0n) is 11.7. The third-order valence-corrected chi connectivity index (χ3v) is 3.45. The van der Waals surface area contributed by atoms with Crippen LogP contribution in [0.2, 0.25) is 5.15 Å². The maximum absolute atomic E-state index is 9.14. The molecule has 0 aliphatic heterocycles. The molecule has 0 bridgehead atoms. The van der Waals surface area contributed by atoms with Crippen LogP contribution in [-0.4, -0.2) is 15.1 Å². The molecule has 5 heteroatoms. The van der Waals surface area contributed by atoms with Gasteiger partial charge in [-0.25, -0.2) is 9.97 Å². The van der Waals surface area contributed by atoms with Crippen molar-refractivity contribution >= 4 is 17.4 Å². The molecule has 4 nitrogen and oxygen atoms in total. The molecule has 0 saturated heterocycles. The number of hydrogen-bond donors (Lipinski definition) is 2. The van der Waals surface area contributed by atoms with Crippen LogP contribution >= 0.6 is 11.6 Å². The summed E-state index contributed by atoms with van der Waals surface area (Å²) in [7, 11) is 0. The Morgan fingerprint density at radius 3 is 2.70 bits per heavy atom. The minimum atomic E-state index is 0.0478. The minimum Gasteiger partial charge on any atom is -0.392 e. The lowest BCUT2D eigenvalue weighted by Gasteiger charge is -2.11. The molecule has 0 unspecified atom stereocenters. The third kappa shape index (κ3) is 3.46. The van der Waals surface area contributed by atoms with Crippen molar-refractivity contribution in [3.8, 4) is 0 Å². The normalized spacial score (nSPS) is 10.6. The summed E-state index contributed by atoms with van der Waals surface area (Å²) >= 11 is 6.10. The van der Waals surface area contributed by atoms with Crippen LogP contribution in [0.15, 0.2) is 24.3 Å². The van der Waals surface area contributed by atoms with Crippen LogP contribution < -0.4 is 5.32 Å². The predicted octanol–water partition coefficient (Wildman–Crippen LogP) is 3.11. The average molecular weight is 292 g/mol. The third-order valence-electron chi connectivity index (χ3n) is 3.08. The summed E-state index contributed by atoms with van der Waals surface area (Å²) in [5.41, 5.74) is 2.84. The smallest absolute Gasteiger partial charge is 0.137 e. The van der Waals surface area contributed by atoms with E-state index in [0.29, 0.717) is 11.7 Å². The van der Waals surface area contributed by atoms with Gasteiger partial charge in [-0.05, 0) is 18.1 Å². The quantitative estimate of drug-likeness (QED) is 0.831. The van der Waals surface area contributed by atoms with Gasteiger partial charge in [0.05, 0.1) is 6.61 Å².